The van der Waals surface area contributed by atoms with Crippen LogP contribution in [0.4, 0.5) is 0 Å². The third kappa shape index (κ3) is 60.6. The van der Waals surface area contributed by atoms with Crippen molar-refractivity contribution in [1.29, 1.82) is 0 Å². The molecule has 0 aromatic carbocycles. The molecule has 0 N–H and O–H groups in total. The molecule has 1 unspecified atom stereocenters. The molecule has 1 atom stereocenters. The van der Waals surface area contributed by atoms with E-state index < -0.39 is 6.10 Å². The zero-order valence-corrected chi connectivity index (χ0v) is 49.4. The number of carbonyl (C=O) groups excluding carboxylic acids is 3. The SMILES string of the molecule is CCCCCCCC/C=C\CCCCCCCCCCCC(=O)OC(COC(=O)CCCCCCCCCCCCC/C=C\CCCCCCCCCC)COC(=O)CCCCCCCCCCCCCCC. The first-order chi connectivity index (χ1) is 36.0. The molecular formula is C67H126O6. The summed E-state index contributed by atoms with van der Waals surface area (Å²) in [5.74, 6) is -0.843. The van der Waals surface area contributed by atoms with Crippen LogP contribution in [0.1, 0.15) is 367 Å². The number of unbranched alkanes of at least 4 members (excludes halogenated alkanes) is 46. The number of rotatable bonds is 61. The van der Waals surface area contributed by atoms with Gasteiger partial charge in [-0.15, -0.1) is 0 Å². The fourth-order valence-electron chi connectivity index (χ4n) is 9.97. The van der Waals surface area contributed by atoms with Gasteiger partial charge < -0.3 is 14.2 Å². The summed E-state index contributed by atoms with van der Waals surface area (Å²) in [6.07, 6.45) is 74.7. The average molecular weight is 1030 g/mol. The summed E-state index contributed by atoms with van der Waals surface area (Å²) in [6, 6.07) is 0. The smallest absolute Gasteiger partial charge is 0.306 e. The van der Waals surface area contributed by atoms with Gasteiger partial charge in [0.1, 0.15) is 13.2 Å². The molecule has 6 heteroatoms. The molecule has 0 bridgehead atoms. The number of esters is 3. The molecule has 0 aliphatic rings. The van der Waals surface area contributed by atoms with Gasteiger partial charge in [-0.1, -0.05) is 302 Å². The molecular weight excluding hydrogens is 901 g/mol. The van der Waals surface area contributed by atoms with E-state index in [0.717, 1.165) is 57.8 Å². The van der Waals surface area contributed by atoms with Gasteiger partial charge in [0, 0.05) is 19.3 Å². The first-order valence-electron chi connectivity index (χ1n) is 32.8. The fraction of sp³-hybridized carbons (Fsp3) is 0.896. The van der Waals surface area contributed by atoms with Crippen molar-refractivity contribution in [2.45, 2.75) is 374 Å². The lowest BCUT2D eigenvalue weighted by Crippen LogP contribution is -2.30. The van der Waals surface area contributed by atoms with Crippen molar-refractivity contribution >= 4 is 17.9 Å². The maximum absolute atomic E-state index is 12.9. The molecule has 430 valence electrons. The van der Waals surface area contributed by atoms with Gasteiger partial charge in [-0.25, -0.2) is 0 Å². The molecule has 0 aromatic rings. The van der Waals surface area contributed by atoms with Gasteiger partial charge in [-0.05, 0) is 70.6 Å². The van der Waals surface area contributed by atoms with Gasteiger partial charge in [0.2, 0.25) is 0 Å². The predicted molar refractivity (Wildman–Crippen MR) is 316 cm³/mol. The van der Waals surface area contributed by atoms with E-state index in [9.17, 15) is 14.4 Å². The standard InChI is InChI=1S/C67H126O6/c1-4-7-10-13-16-19-22-25-27-29-31-32-33-34-36-37-39-42-45-48-51-54-57-60-66(69)72-63-64(62-71-65(68)59-56-53-50-47-44-41-24-21-18-15-12-9-6-3)73-67(70)61-58-55-52-49-46-43-40-38-35-30-28-26-23-20-17-14-11-8-5-2/h26,28-29,31,64H,4-25,27,30,32-63H2,1-3H3/b28-26-,31-29-. The molecule has 0 saturated carbocycles. The van der Waals surface area contributed by atoms with Crippen molar-refractivity contribution in [2.24, 2.45) is 0 Å². The number of carbonyl (C=O) groups is 3. The van der Waals surface area contributed by atoms with Crippen molar-refractivity contribution in [3.8, 4) is 0 Å². The van der Waals surface area contributed by atoms with Crippen molar-refractivity contribution in [3.05, 3.63) is 24.3 Å². The Kier molecular flexibility index (Phi) is 60.6. The molecule has 0 saturated heterocycles. The first kappa shape index (κ1) is 70.9. The molecule has 0 aliphatic heterocycles. The Bertz CT molecular complexity index is 1180. The number of allylic oxidation sites excluding steroid dienone is 4. The number of ether oxygens (including phenoxy) is 3. The minimum absolute atomic E-state index is 0.0669. The van der Waals surface area contributed by atoms with E-state index in [1.165, 1.54) is 270 Å². The van der Waals surface area contributed by atoms with Crippen LogP contribution in [0.3, 0.4) is 0 Å². The highest BCUT2D eigenvalue weighted by atomic mass is 16.6. The Morgan fingerprint density at radius 3 is 0.685 bits per heavy atom. The molecule has 0 rings (SSSR count). The quantitative estimate of drug-likeness (QED) is 0.0261. The zero-order valence-electron chi connectivity index (χ0n) is 49.4. The van der Waals surface area contributed by atoms with Gasteiger partial charge >= 0.3 is 17.9 Å². The Hall–Kier alpha value is -2.11. The lowest BCUT2D eigenvalue weighted by Gasteiger charge is -2.18. The highest BCUT2D eigenvalue weighted by Crippen LogP contribution is 2.18. The Labute approximate surface area is 455 Å². The third-order valence-corrected chi connectivity index (χ3v) is 14.9. The Balaban J connectivity index is 4.26. The van der Waals surface area contributed by atoms with E-state index in [4.69, 9.17) is 14.2 Å². The maximum Gasteiger partial charge on any atom is 0.306 e. The zero-order chi connectivity index (χ0) is 52.9. The maximum atomic E-state index is 12.9. The third-order valence-electron chi connectivity index (χ3n) is 14.9. The highest BCUT2D eigenvalue weighted by molar-refractivity contribution is 5.71. The van der Waals surface area contributed by atoms with Crippen LogP contribution in [0.25, 0.3) is 0 Å². The Morgan fingerprint density at radius 1 is 0.260 bits per heavy atom. The van der Waals surface area contributed by atoms with Crippen LogP contribution in [-0.2, 0) is 28.6 Å². The van der Waals surface area contributed by atoms with Crippen LogP contribution in [0.15, 0.2) is 24.3 Å². The minimum Gasteiger partial charge on any atom is -0.462 e. The molecule has 0 aromatic heterocycles. The van der Waals surface area contributed by atoms with Crippen molar-refractivity contribution in [1.82, 2.24) is 0 Å². The summed E-state index contributed by atoms with van der Waals surface area (Å²) in [6.45, 7) is 6.70. The summed E-state index contributed by atoms with van der Waals surface area (Å²) in [5, 5.41) is 0. The summed E-state index contributed by atoms with van der Waals surface area (Å²) < 4.78 is 17.0. The van der Waals surface area contributed by atoms with Crippen molar-refractivity contribution in [3.63, 3.8) is 0 Å². The van der Waals surface area contributed by atoms with E-state index in [-0.39, 0.29) is 31.1 Å². The summed E-state index contributed by atoms with van der Waals surface area (Å²) in [7, 11) is 0. The summed E-state index contributed by atoms with van der Waals surface area (Å²) >= 11 is 0. The molecule has 0 radical (unpaired) electrons. The van der Waals surface area contributed by atoms with Crippen LogP contribution in [-0.4, -0.2) is 37.2 Å². The summed E-state index contributed by atoms with van der Waals surface area (Å²) in [5.41, 5.74) is 0. The van der Waals surface area contributed by atoms with Crippen molar-refractivity contribution < 1.29 is 28.6 Å². The first-order valence-corrected chi connectivity index (χ1v) is 32.8. The van der Waals surface area contributed by atoms with E-state index in [0.29, 0.717) is 19.3 Å². The molecule has 0 heterocycles. The van der Waals surface area contributed by atoms with E-state index in [1.807, 2.05) is 0 Å². The predicted octanol–water partition coefficient (Wildman–Crippen LogP) is 22.2. The monoisotopic (exact) mass is 1030 g/mol. The van der Waals surface area contributed by atoms with E-state index in [2.05, 4.69) is 45.1 Å². The van der Waals surface area contributed by atoms with Gasteiger partial charge in [-0.3, -0.25) is 14.4 Å². The van der Waals surface area contributed by atoms with Crippen LogP contribution in [0, 0.1) is 0 Å². The van der Waals surface area contributed by atoms with Crippen LogP contribution < -0.4 is 0 Å². The minimum atomic E-state index is -0.769. The van der Waals surface area contributed by atoms with Crippen molar-refractivity contribution in [2.75, 3.05) is 13.2 Å². The topological polar surface area (TPSA) is 78.9 Å². The molecule has 0 spiro atoms. The van der Waals surface area contributed by atoms with Gasteiger partial charge in [-0.2, -0.15) is 0 Å². The lowest BCUT2D eigenvalue weighted by molar-refractivity contribution is -0.167. The van der Waals surface area contributed by atoms with Gasteiger partial charge in [0.05, 0.1) is 0 Å². The second kappa shape index (κ2) is 62.4. The molecule has 0 amide bonds. The lowest BCUT2D eigenvalue weighted by atomic mass is 10.0. The normalized spacial score (nSPS) is 12.1. The second-order valence-corrected chi connectivity index (χ2v) is 22.4. The number of hydrogen-bond donors (Lipinski definition) is 0. The van der Waals surface area contributed by atoms with Gasteiger partial charge in [0.25, 0.3) is 0 Å². The van der Waals surface area contributed by atoms with Crippen LogP contribution in [0.5, 0.6) is 0 Å². The van der Waals surface area contributed by atoms with Crippen LogP contribution >= 0.6 is 0 Å². The highest BCUT2D eigenvalue weighted by Gasteiger charge is 2.19. The molecule has 73 heavy (non-hydrogen) atoms. The average Bonchev–Trinajstić information content (AvgIpc) is 3.39. The summed E-state index contributed by atoms with van der Waals surface area (Å²) in [4.78, 5) is 38.3. The fourth-order valence-corrected chi connectivity index (χ4v) is 9.97. The molecule has 0 aliphatic carbocycles. The second-order valence-electron chi connectivity index (χ2n) is 22.4. The molecule has 6 nitrogen and oxygen atoms in total. The van der Waals surface area contributed by atoms with Gasteiger partial charge in [0.15, 0.2) is 6.10 Å². The van der Waals surface area contributed by atoms with E-state index >= 15 is 0 Å². The van der Waals surface area contributed by atoms with Crippen LogP contribution in [0.2, 0.25) is 0 Å². The largest absolute Gasteiger partial charge is 0.462 e. The van der Waals surface area contributed by atoms with E-state index in [1.54, 1.807) is 0 Å². The Morgan fingerprint density at radius 2 is 0.452 bits per heavy atom. The molecule has 0 fully saturated rings. The number of hydrogen-bond acceptors (Lipinski definition) is 6.